The number of benzene rings is 1. The molecule has 2 N–H and O–H groups in total. The number of hydrogen-bond acceptors (Lipinski definition) is 4. The quantitative estimate of drug-likeness (QED) is 0.787. The number of sulfonamides is 1. The van der Waals surface area contributed by atoms with Crippen molar-refractivity contribution in [1.29, 1.82) is 0 Å². The van der Waals surface area contributed by atoms with Gasteiger partial charge in [-0.1, -0.05) is 6.07 Å². The number of aliphatic hydroxyl groups excluding tert-OH is 1. The van der Waals surface area contributed by atoms with E-state index in [2.05, 4.69) is 4.72 Å². The van der Waals surface area contributed by atoms with Gasteiger partial charge < -0.3 is 9.84 Å². The number of ether oxygens (including phenoxy) is 1. The lowest BCUT2D eigenvalue weighted by Crippen LogP contribution is -2.27. The van der Waals surface area contributed by atoms with Gasteiger partial charge in [0.25, 0.3) is 0 Å². The van der Waals surface area contributed by atoms with Gasteiger partial charge >= 0.3 is 0 Å². The van der Waals surface area contributed by atoms with Gasteiger partial charge in [-0.05, 0) is 37.3 Å². The second kappa shape index (κ2) is 5.90. The lowest BCUT2D eigenvalue weighted by Gasteiger charge is -2.11. The summed E-state index contributed by atoms with van der Waals surface area (Å²) >= 11 is 0. The Labute approximate surface area is 113 Å². The third kappa shape index (κ3) is 3.92. The minimum atomic E-state index is -3.53. The van der Waals surface area contributed by atoms with Crippen LogP contribution in [0.25, 0.3) is 0 Å². The third-order valence-electron chi connectivity index (χ3n) is 3.25. The molecule has 0 spiro atoms. The van der Waals surface area contributed by atoms with Crippen molar-refractivity contribution in [1.82, 2.24) is 4.72 Å². The first-order valence-electron chi connectivity index (χ1n) is 6.35. The zero-order chi connectivity index (χ0) is 13.9. The molecule has 1 saturated carbocycles. The maximum absolute atomic E-state index is 12.0. The fourth-order valence-electron chi connectivity index (χ4n) is 1.91. The highest BCUT2D eigenvalue weighted by Crippen LogP contribution is 2.33. The predicted octanol–water partition coefficient (Wildman–Crippen LogP) is 1.13. The van der Waals surface area contributed by atoms with Gasteiger partial charge in [0.2, 0.25) is 10.0 Å². The average molecular weight is 285 g/mol. The summed E-state index contributed by atoms with van der Waals surface area (Å²) in [5.41, 5.74) is 0. The molecule has 19 heavy (non-hydrogen) atoms. The minimum Gasteiger partial charge on any atom is -0.497 e. The van der Waals surface area contributed by atoms with E-state index in [0.29, 0.717) is 18.1 Å². The summed E-state index contributed by atoms with van der Waals surface area (Å²) < 4.78 is 31.5. The molecule has 0 unspecified atom stereocenters. The lowest BCUT2D eigenvalue weighted by atomic mass is 10.2. The van der Waals surface area contributed by atoms with E-state index in [-0.39, 0.29) is 11.4 Å². The fraction of sp³-hybridized carbons (Fsp3) is 0.538. The molecular weight excluding hydrogens is 266 g/mol. The van der Waals surface area contributed by atoms with E-state index in [4.69, 9.17) is 4.74 Å². The molecule has 1 aliphatic carbocycles. The van der Waals surface area contributed by atoms with Crippen LogP contribution < -0.4 is 9.46 Å². The molecule has 0 heterocycles. The number of methoxy groups -OCH3 is 1. The smallest absolute Gasteiger partial charge is 0.240 e. The van der Waals surface area contributed by atoms with Crippen molar-refractivity contribution in [3.63, 3.8) is 0 Å². The summed E-state index contributed by atoms with van der Waals surface area (Å²) in [7, 11) is -2.04. The predicted molar refractivity (Wildman–Crippen MR) is 71.5 cm³/mol. The highest BCUT2D eigenvalue weighted by Gasteiger charge is 2.29. The SMILES string of the molecule is COc1cccc(S(=O)(=O)NCC[C@@H](O)C2CC2)c1. The summed E-state index contributed by atoms with van der Waals surface area (Å²) in [5, 5.41) is 9.68. The highest BCUT2D eigenvalue weighted by atomic mass is 32.2. The van der Waals surface area contributed by atoms with Crippen molar-refractivity contribution in [2.24, 2.45) is 5.92 Å². The van der Waals surface area contributed by atoms with E-state index >= 15 is 0 Å². The summed E-state index contributed by atoms with van der Waals surface area (Å²) in [5.74, 6) is 0.863. The van der Waals surface area contributed by atoms with Gasteiger partial charge in [-0.3, -0.25) is 0 Å². The summed E-state index contributed by atoms with van der Waals surface area (Å²) in [6.45, 7) is 0.247. The summed E-state index contributed by atoms with van der Waals surface area (Å²) in [6.07, 6.45) is 2.15. The van der Waals surface area contributed by atoms with Crippen LogP contribution >= 0.6 is 0 Å². The van der Waals surface area contributed by atoms with Gasteiger partial charge in [-0.25, -0.2) is 13.1 Å². The molecule has 106 valence electrons. The van der Waals surface area contributed by atoms with Crippen LogP contribution in [0.5, 0.6) is 5.75 Å². The van der Waals surface area contributed by atoms with E-state index in [0.717, 1.165) is 12.8 Å². The van der Waals surface area contributed by atoms with E-state index in [1.807, 2.05) is 0 Å². The lowest BCUT2D eigenvalue weighted by molar-refractivity contribution is 0.143. The molecule has 1 aliphatic rings. The first kappa shape index (κ1) is 14.3. The maximum Gasteiger partial charge on any atom is 0.240 e. The molecule has 0 aliphatic heterocycles. The van der Waals surface area contributed by atoms with Crippen LogP contribution in [0, 0.1) is 5.92 Å². The van der Waals surface area contributed by atoms with Crippen LogP contribution in [0.3, 0.4) is 0 Å². The Balaban J connectivity index is 1.93. The fourth-order valence-corrected chi connectivity index (χ4v) is 2.99. The van der Waals surface area contributed by atoms with Crippen molar-refractivity contribution in [2.75, 3.05) is 13.7 Å². The third-order valence-corrected chi connectivity index (χ3v) is 4.71. The molecule has 1 aromatic rings. The molecule has 1 atom stereocenters. The topological polar surface area (TPSA) is 75.6 Å². The first-order valence-corrected chi connectivity index (χ1v) is 7.83. The monoisotopic (exact) mass is 285 g/mol. The number of hydrogen-bond donors (Lipinski definition) is 2. The molecule has 0 radical (unpaired) electrons. The van der Waals surface area contributed by atoms with Crippen LogP contribution in [0.15, 0.2) is 29.2 Å². The van der Waals surface area contributed by atoms with Crippen LogP contribution in [0.2, 0.25) is 0 Å². The molecule has 0 amide bonds. The van der Waals surface area contributed by atoms with Gasteiger partial charge in [-0.15, -0.1) is 0 Å². The molecule has 1 fully saturated rings. The second-order valence-electron chi connectivity index (χ2n) is 4.77. The minimum absolute atomic E-state index is 0.174. The van der Waals surface area contributed by atoms with E-state index in [9.17, 15) is 13.5 Å². The molecule has 0 saturated heterocycles. The van der Waals surface area contributed by atoms with Crippen molar-refractivity contribution >= 4 is 10.0 Å². The van der Waals surface area contributed by atoms with Gasteiger partial charge in [0.15, 0.2) is 0 Å². The number of aliphatic hydroxyl groups is 1. The van der Waals surface area contributed by atoms with E-state index in [1.54, 1.807) is 12.1 Å². The zero-order valence-electron chi connectivity index (χ0n) is 10.9. The van der Waals surface area contributed by atoms with Crippen LogP contribution in [-0.2, 0) is 10.0 Å². The van der Waals surface area contributed by atoms with Gasteiger partial charge in [0.1, 0.15) is 5.75 Å². The Morgan fingerprint density at radius 2 is 2.21 bits per heavy atom. The van der Waals surface area contributed by atoms with Crippen molar-refractivity contribution in [2.45, 2.75) is 30.3 Å². The molecule has 0 bridgehead atoms. The summed E-state index contributed by atoms with van der Waals surface area (Å²) in [6, 6.07) is 6.31. The molecule has 5 nitrogen and oxygen atoms in total. The Morgan fingerprint density at radius 3 is 2.84 bits per heavy atom. The standard InChI is InChI=1S/C13H19NO4S/c1-18-11-3-2-4-12(9-11)19(16,17)14-8-7-13(15)10-5-6-10/h2-4,9-10,13-15H,5-8H2,1H3/t13-/m1/s1. The largest absolute Gasteiger partial charge is 0.497 e. The van der Waals surface area contributed by atoms with Crippen LogP contribution in [-0.4, -0.2) is 33.3 Å². The van der Waals surface area contributed by atoms with Crippen molar-refractivity contribution < 1.29 is 18.3 Å². The second-order valence-corrected chi connectivity index (χ2v) is 6.54. The normalized spacial score (nSPS) is 17.2. The maximum atomic E-state index is 12.0. The number of rotatable bonds is 7. The Hall–Kier alpha value is -1.11. The molecule has 1 aromatic carbocycles. The average Bonchev–Trinajstić information content (AvgIpc) is 3.23. The highest BCUT2D eigenvalue weighted by molar-refractivity contribution is 7.89. The first-order chi connectivity index (χ1) is 9.03. The Kier molecular flexibility index (Phi) is 4.44. The Morgan fingerprint density at radius 1 is 1.47 bits per heavy atom. The van der Waals surface area contributed by atoms with Gasteiger partial charge in [0.05, 0.1) is 18.1 Å². The molecule has 6 heteroatoms. The molecule has 2 rings (SSSR count). The molecule has 0 aromatic heterocycles. The van der Waals surface area contributed by atoms with Crippen LogP contribution in [0.1, 0.15) is 19.3 Å². The zero-order valence-corrected chi connectivity index (χ0v) is 11.7. The van der Waals surface area contributed by atoms with Gasteiger partial charge in [0, 0.05) is 12.6 Å². The van der Waals surface area contributed by atoms with E-state index < -0.39 is 16.1 Å². The van der Waals surface area contributed by atoms with Crippen molar-refractivity contribution in [3.8, 4) is 5.75 Å². The summed E-state index contributed by atoms with van der Waals surface area (Å²) in [4.78, 5) is 0.174. The van der Waals surface area contributed by atoms with Crippen molar-refractivity contribution in [3.05, 3.63) is 24.3 Å². The Bertz CT molecular complexity index is 525. The van der Waals surface area contributed by atoms with E-state index in [1.165, 1.54) is 19.2 Å². The molecular formula is C13H19NO4S. The van der Waals surface area contributed by atoms with Gasteiger partial charge in [-0.2, -0.15) is 0 Å². The van der Waals surface area contributed by atoms with Crippen LogP contribution in [0.4, 0.5) is 0 Å². The number of nitrogens with one attached hydrogen (secondary N) is 1.